The van der Waals surface area contributed by atoms with Crippen LogP contribution >= 0.6 is 35.7 Å². The lowest BCUT2D eigenvalue weighted by Crippen LogP contribution is -2.51. The minimum atomic E-state index is -3.45. The van der Waals surface area contributed by atoms with Gasteiger partial charge in [0.15, 0.2) is 5.96 Å². The van der Waals surface area contributed by atoms with Crippen molar-refractivity contribution in [2.75, 3.05) is 37.7 Å². The summed E-state index contributed by atoms with van der Waals surface area (Å²) in [6, 6.07) is 0. The SMILES string of the molecule is CCNC(=NCCS(N)(=O)=O)N1CCSC(C)(C)C1.I. The lowest BCUT2D eigenvalue weighted by atomic mass is 10.2. The molecule has 0 aromatic rings. The van der Waals surface area contributed by atoms with Crippen LogP contribution in [0.3, 0.4) is 0 Å². The number of thioether (sulfide) groups is 1. The Bertz CT molecular complexity index is 426. The number of hydrogen-bond donors (Lipinski definition) is 2. The minimum absolute atomic E-state index is 0. The third-order valence-corrected chi connectivity index (χ3v) is 4.75. The molecule has 0 radical (unpaired) electrons. The average molecular weight is 436 g/mol. The zero-order chi connectivity index (χ0) is 14.5. The second kappa shape index (κ2) is 8.64. The highest BCUT2D eigenvalue weighted by molar-refractivity contribution is 14.0. The van der Waals surface area contributed by atoms with E-state index in [1.54, 1.807) is 0 Å². The highest BCUT2D eigenvalue weighted by Gasteiger charge is 2.28. The summed E-state index contributed by atoms with van der Waals surface area (Å²) >= 11 is 1.95. The Balaban J connectivity index is 0.00000361. The van der Waals surface area contributed by atoms with Gasteiger partial charge in [0.25, 0.3) is 0 Å². The normalized spacial score (nSPS) is 19.4. The monoisotopic (exact) mass is 436 g/mol. The molecule has 1 heterocycles. The molecule has 0 amide bonds. The topological polar surface area (TPSA) is 87.8 Å². The van der Waals surface area contributed by atoms with Gasteiger partial charge in [0, 0.05) is 30.1 Å². The van der Waals surface area contributed by atoms with Crippen LogP contribution in [0, 0.1) is 0 Å². The van der Waals surface area contributed by atoms with Crippen LogP contribution < -0.4 is 10.5 Å². The summed E-state index contributed by atoms with van der Waals surface area (Å²) < 4.78 is 22.0. The standard InChI is InChI=1S/C11H24N4O2S2.HI/c1-4-13-10(14-5-8-19(12,16)17)15-6-7-18-11(2,3)9-15;/h4-9H2,1-3H3,(H,13,14)(H2,12,16,17);1H. The molecule has 1 fully saturated rings. The van der Waals surface area contributed by atoms with Gasteiger partial charge in [-0.05, 0) is 20.8 Å². The van der Waals surface area contributed by atoms with E-state index in [0.29, 0.717) is 0 Å². The van der Waals surface area contributed by atoms with E-state index in [4.69, 9.17) is 5.14 Å². The van der Waals surface area contributed by atoms with Crippen molar-refractivity contribution in [3.05, 3.63) is 0 Å². The van der Waals surface area contributed by atoms with Gasteiger partial charge in [0.1, 0.15) is 0 Å². The van der Waals surface area contributed by atoms with Crippen LogP contribution in [-0.2, 0) is 10.0 Å². The molecule has 0 unspecified atom stereocenters. The fourth-order valence-corrected chi connectivity index (χ4v) is 3.36. The van der Waals surface area contributed by atoms with Gasteiger partial charge in [-0.3, -0.25) is 4.99 Å². The first-order valence-corrected chi connectivity index (χ1v) is 9.11. The van der Waals surface area contributed by atoms with Gasteiger partial charge < -0.3 is 10.2 Å². The molecule has 0 aromatic heterocycles. The quantitative estimate of drug-likeness (QED) is 0.385. The van der Waals surface area contributed by atoms with E-state index in [0.717, 1.165) is 31.3 Å². The summed E-state index contributed by atoms with van der Waals surface area (Å²) in [6.07, 6.45) is 0. The van der Waals surface area contributed by atoms with E-state index in [1.165, 1.54) is 0 Å². The van der Waals surface area contributed by atoms with Crippen molar-refractivity contribution in [1.29, 1.82) is 0 Å². The summed E-state index contributed by atoms with van der Waals surface area (Å²) in [6.45, 7) is 9.20. The number of sulfonamides is 1. The Kier molecular flexibility index (Phi) is 8.75. The number of rotatable bonds is 4. The number of hydrogen-bond acceptors (Lipinski definition) is 4. The molecule has 20 heavy (non-hydrogen) atoms. The minimum Gasteiger partial charge on any atom is -0.357 e. The van der Waals surface area contributed by atoms with Gasteiger partial charge in [-0.15, -0.1) is 24.0 Å². The van der Waals surface area contributed by atoms with E-state index in [2.05, 4.69) is 29.1 Å². The summed E-state index contributed by atoms with van der Waals surface area (Å²) in [4.78, 5) is 6.53. The molecule has 0 aromatic carbocycles. The van der Waals surface area contributed by atoms with Gasteiger partial charge in [0.05, 0.1) is 12.3 Å². The maximum Gasteiger partial charge on any atom is 0.210 e. The molecule has 0 aliphatic carbocycles. The fourth-order valence-electron chi connectivity index (χ4n) is 1.90. The molecule has 0 atom stereocenters. The van der Waals surface area contributed by atoms with E-state index in [1.807, 2.05) is 18.7 Å². The first-order valence-electron chi connectivity index (χ1n) is 6.41. The summed E-state index contributed by atoms with van der Waals surface area (Å²) in [5.74, 6) is 1.71. The molecule has 1 aliphatic heterocycles. The predicted octanol–water partition coefficient (Wildman–Crippen LogP) is 0.686. The summed E-state index contributed by atoms with van der Waals surface area (Å²) in [5, 5.41) is 8.19. The number of nitrogens with two attached hydrogens (primary N) is 1. The highest BCUT2D eigenvalue weighted by atomic mass is 127. The highest BCUT2D eigenvalue weighted by Crippen LogP contribution is 2.29. The Labute approximate surface area is 143 Å². The van der Waals surface area contributed by atoms with Crippen molar-refractivity contribution < 1.29 is 8.42 Å². The van der Waals surface area contributed by atoms with Crippen LogP contribution in [0.25, 0.3) is 0 Å². The Morgan fingerprint density at radius 3 is 2.65 bits per heavy atom. The number of nitrogens with one attached hydrogen (secondary N) is 1. The molecule has 0 spiro atoms. The Morgan fingerprint density at radius 2 is 2.15 bits per heavy atom. The smallest absolute Gasteiger partial charge is 0.210 e. The number of halogens is 1. The van der Waals surface area contributed by atoms with Crippen LogP contribution in [-0.4, -0.2) is 61.7 Å². The molecule has 1 aliphatic rings. The first kappa shape index (κ1) is 20.3. The van der Waals surface area contributed by atoms with Crippen LogP contribution in [0.2, 0.25) is 0 Å². The van der Waals surface area contributed by atoms with Crippen molar-refractivity contribution in [3.8, 4) is 0 Å². The largest absolute Gasteiger partial charge is 0.357 e. The third-order valence-electron chi connectivity index (χ3n) is 2.70. The van der Waals surface area contributed by atoms with E-state index in [9.17, 15) is 8.42 Å². The molecule has 0 saturated carbocycles. The van der Waals surface area contributed by atoms with Gasteiger partial charge in [-0.2, -0.15) is 11.8 Å². The van der Waals surface area contributed by atoms with E-state index in [-0.39, 0.29) is 41.0 Å². The fraction of sp³-hybridized carbons (Fsp3) is 0.909. The zero-order valence-electron chi connectivity index (χ0n) is 12.3. The molecule has 0 bridgehead atoms. The van der Waals surface area contributed by atoms with Crippen molar-refractivity contribution >= 4 is 51.7 Å². The predicted molar refractivity (Wildman–Crippen MR) is 97.5 cm³/mol. The number of primary sulfonamides is 1. The van der Waals surface area contributed by atoms with Crippen LogP contribution in [0.1, 0.15) is 20.8 Å². The summed E-state index contributed by atoms with van der Waals surface area (Å²) in [5.41, 5.74) is 0. The second-order valence-electron chi connectivity index (χ2n) is 5.13. The van der Waals surface area contributed by atoms with Crippen molar-refractivity contribution in [1.82, 2.24) is 10.2 Å². The molecular weight excluding hydrogens is 411 g/mol. The Morgan fingerprint density at radius 1 is 1.50 bits per heavy atom. The number of guanidine groups is 1. The van der Waals surface area contributed by atoms with Gasteiger partial charge in [-0.25, -0.2) is 13.6 Å². The molecule has 1 saturated heterocycles. The molecule has 6 nitrogen and oxygen atoms in total. The van der Waals surface area contributed by atoms with Crippen LogP contribution in [0.15, 0.2) is 4.99 Å². The second-order valence-corrected chi connectivity index (χ2v) is 8.67. The molecule has 3 N–H and O–H groups in total. The maximum atomic E-state index is 10.9. The molecule has 9 heteroatoms. The van der Waals surface area contributed by atoms with E-state index < -0.39 is 10.0 Å². The van der Waals surface area contributed by atoms with Crippen molar-refractivity contribution in [2.24, 2.45) is 10.1 Å². The third kappa shape index (κ3) is 7.89. The summed E-state index contributed by atoms with van der Waals surface area (Å²) in [7, 11) is -3.45. The zero-order valence-corrected chi connectivity index (χ0v) is 16.2. The Hall–Kier alpha value is 0.260. The molecular formula is C11H25IN4O2S2. The lowest BCUT2D eigenvalue weighted by molar-refractivity contribution is 0.376. The van der Waals surface area contributed by atoms with Crippen LogP contribution in [0.5, 0.6) is 0 Å². The molecule has 120 valence electrons. The van der Waals surface area contributed by atoms with Gasteiger partial charge in [-0.1, -0.05) is 0 Å². The lowest BCUT2D eigenvalue weighted by Gasteiger charge is -2.39. The molecule has 1 rings (SSSR count). The first-order chi connectivity index (χ1) is 8.73. The maximum absolute atomic E-state index is 10.9. The van der Waals surface area contributed by atoms with Crippen molar-refractivity contribution in [3.63, 3.8) is 0 Å². The van der Waals surface area contributed by atoms with Gasteiger partial charge in [0.2, 0.25) is 10.0 Å². The number of aliphatic imine (C=N–C) groups is 1. The average Bonchev–Trinajstić information content (AvgIpc) is 2.25. The van der Waals surface area contributed by atoms with Gasteiger partial charge >= 0.3 is 0 Å². The number of nitrogens with zero attached hydrogens (tertiary/aromatic N) is 2. The van der Waals surface area contributed by atoms with Crippen LogP contribution in [0.4, 0.5) is 0 Å². The van der Waals surface area contributed by atoms with E-state index >= 15 is 0 Å². The van der Waals surface area contributed by atoms with Crippen molar-refractivity contribution in [2.45, 2.75) is 25.5 Å².